The highest BCUT2D eigenvalue weighted by molar-refractivity contribution is 6.02. The van der Waals surface area contributed by atoms with Crippen LogP contribution in [0.2, 0.25) is 0 Å². The van der Waals surface area contributed by atoms with Crippen molar-refractivity contribution in [1.82, 2.24) is 0 Å². The van der Waals surface area contributed by atoms with Crippen LogP contribution in [0.15, 0.2) is 5.57 Å². The van der Waals surface area contributed by atoms with Gasteiger partial charge in [0.1, 0.15) is 0 Å². The molecule has 0 aromatic heterocycles. The highest BCUT2D eigenvalue weighted by Gasteiger charge is 2.07. The number of hydrogen-bond donors (Lipinski definition) is 1. The van der Waals surface area contributed by atoms with Crippen molar-refractivity contribution in [2.45, 2.75) is 20.8 Å². The van der Waals surface area contributed by atoms with Crippen molar-refractivity contribution in [2.75, 3.05) is 0 Å². The van der Waals surface area contributed by atoms with Crippen LogP contribution in [0.5, 0.6) is 0 Å². The molecule has 2 heteroatoms. The van der Waals surface area contributed by atoms with Crippen molar-refractivity contribution < 1.29 is 4.79 Å². The average Bonchev–Trinajstić information content (AvgIpc) is 1.84. The van der Waals surface area contributed by atoms with E-state index in [2.05, 4.69) is 5.87 Å². The van der Waals surface area contributed by atoms with Crippen LogP contribution in [0.25, 0.3) is 0 Å². The van der Waals surface area contributed by atoms with E-state index in [-0.39, 0.29) is 11.7 Å². The molecule has 0 aromatic carbocycles. The molecule has 0 aliphatic heterocycles. The van der Waals surface area contributed by atoms with Gasteiger partial charge in [0.05, 0.1) is 5.57 Å². The first-order valence-electron chi connectivity index (χ1n) is 2.90. The number of carbonyl (C=O) groups excluding carboxylic acids is 1. The molecule has 0 unspecified atom stereocenters. The predicted octanol–water partition coefficient (Wildman–Crippen LogP) is 1.41. The molecule has 0 rings (SSSR count). The smallest absolute Gasteiger partial charge is 0.170 e. The standard InChI is InChI=1S/C7H11NO/c1-5(2)7(9)6(3)4-8/h5,8H,1-3H3. The fourth-order valence-corrected chi connectivity index (χ4v) is 0.495. The van der Waals surface area contributed by atoms with Crippen molar-refractivity contribution in [1.29, 1.82) is 5.41 Å². The Morgan fingerprint density at radius 2 is 2.00 bits per heavy atom. The molecule has 9 heavy (non-hydrogen) atoms. The minimum atomic E-state index is -0.0113. The molecule has 0 saturated carbocycles. The third-order valence-electron chi connectivity index (χ3n) is 1.08. The second-order valence-electron chi connectivity index (χ2n) is 2.27. The van der Waals surface area contributed by atoms with Gasteiger partial charge in [0, 0.05) is 5.92 Å². The maximum atomic E-state index is 10.9. The summed E-state index contributed by atoms with van der Waals surface area (Å²) in [6, 6.07) is 0. The van der Waals surface area contributed by atoms with Gasteiger partial charge in [0.2, 0.25) is 0 Å². The van der Waals surface area contributed by atoms with Gasteiger partial charge in [-0.05, 0) is 12.8 Å². The summed E-state index contributed by atoms with van der Waals surface area (Å²) in [7, 11) is 0. The van der Waals surface area contributed by atoms with Crippen LogP contribution in [0.1, 0.15) is 20.8 Å². The van der Waals surface area contributed by atoms with Gasteiger partial charge < -0.3 is 0 Å². The highest BCUT2D eigenvalue weighted by atomic mass is 16.1. The molecule has 0 radical (unpaired) electrons. The Morgan fingerprint density at radius 1 is 1.56 bits per heavy atom. The summed E-state index contributed by atoms with van der Waals surface area (Å²) >= 11 is 0. The van der Waals surface area contributed by atoms with E-state index >= 15 is 0 Å². The lowest BCUT2D eigenvalue weighted by Crippen LogP contribution is -2.07. The molecule has 0 spiro atoms. The SMILES string of the molecule is CC(=C=N)C(=O)C(C)C. The molecular formula is C7H11NO. The number of rotatable bonds is 2. The lowest BCUT2D eigenvalue weighted by molar-refractivity contribution is -0.118. The van der Waals surface area contributed by atoms with Crippen LogP contribution >= 0.6 is 0 Å². The third kappa shape index (κ3) is 2.24. The number of carbonyl (C=O) groups is 1. The second kappa shape index (κ2) is 3.21. The van der Waals surface area contributed by atoms with E-state index in [9.17, 15) is 4.79 Å². The number of allylic oxidation sites excluding steroid dienone is 1. The van der Waals surface area contributed by atoms with Gasteiger partial charge in [-0.2, -0.15) is 0 Å². The summed E-state index contributed by atoms with van der Waals surface area (Å²) in [4.78, 5) is 10.9. The highest BCUT2D eigenvalue weighted by Crippen LogP contribution is 2.00. The molecule has 50 valence electrons. The van der Waals surface area contributed by atoms with Crippen LogP contribution in [0.3, 0.4) is 0 Å². The van der Waals surface area contributed by atoms with Crippen LogP contribution in [-0.2, 0) is 4.79 Å². The van der Waals surface area contributed by atoms with Gasteiger partial charge in [-0.3, -0.25) is 10.2 Å². The van der Waals surface area contributed by atoms with Gasteiger partial charge in [-0.1, -0.05) is 13.8 Å². The average molecular weight is 125 g/mol. The van der Waals surface area contributed by atoms with Crippen molar-refractivity contribution in [2.24, 2.45) is 5.92 Å². The number of hydrogen-bond acceptors (Lipinski definition) is 2. The topological polar surface area (TPSA) is 40.9 Å². The molecule has 0 amide bonds. The molecule has 1 N–H and O–H groups in total. The lowest BCUT2D eigenvalue weighted by atomic mass is 10.0. The van der Waals surface area contributed by atoms with Gasteiger partial charge in [0.25, 0.3) is 0 Å². The largest absolute Gasteiger partial charge is 0.294 e. The first kappa shape index (κ1) is 8.12. The Morgan fingerprint density at radius 3 is 2.11 bits per heavy atom. The Bertz CT molecular complexity index is 164. The van der Waals surface area contributed by atoms with Crippen molar-refractivity contribution in [3.63, 3.8) is 0 Å². The van der Waals surface area contributed by atoms with Crippen LogP contribution < -0.4 is 0 Å². The number of nitrogens with one attached hydrogen (secondary N) is 1. The maximum Gasteiger partial charge on any atom is 0.170 e. The predicted molar refractivity (Wildman–Crippen MR) is 36.8 cm³/mol. The molecule has 0 aromatic rings. The molecule has 0 aliphatic rings. The zero-order valence-electron chi connectivity index (χ0n) is 5.99. The van der Waals surface area contributed by atoms with Gasteiger partial charge >= 0.3 is 0 Å². The Kier molecular flexibility index (Phi) is 2.89. The lowest BCUT2D eigenvalue weighted by Gasteiger charge is -1.98. The van der Waals surface area contributed by atoms with Crippen molar-refractivity contribution in [3.8, 4) is 0 Å². The van der Waals surface area contributed by atoms with E-state index in [0.29, 0.717) is 5.57 Å². The van der Waals surface area contributed by atoms with E-state index in [1.54, 1.807) is 6.92 Å². The van der Waals surface area contributed by atoms with Crippen LogP contribution in [-0.4, -0.2) is 11.7 Å². The zero-order valence-corrected chi connectivity index (χ0v) is 5.99. The number of Topliss-reactive ketones (excluding diaryl/α,β-unsaturated/α-hetero) is 1. The Balaban J connectivity index is 4.23. The van der Waals surface area contributed by atoms with E-state index in [0.717, 1.165) is 0 Å². The minimum absolute atomic E-state index is 0.00463. The van der Waals surface area contributed by atoms with Gasteiger partial charge in [-0.25, -0.2) is 0 Å². The molecule has 0 saturated heterocycles. The van der Waals surface area contributed by atoms with Crippen molar-refractivity contribution >= 4 is 11.7 Å². The van der Waals surface area contributed by atoms with Crippen molar-refractivity contribution in [3.05, 3.63) is 5.57 Å². The molecule has 2 nitrogen and oxygen atoms in total. The zero-order chi connectivity index (χ0) is 7.44. The summed E-state index contributed by atoms with van der Waals surface area (Å²) in [5, 5.41) is 6.62. The van der Waals surface area contributed by atoms with Gasteiger partial charge in [-0.15, -0.1) is 0 Å². The summed E-state index contributed by atoms with van der Waals surface area (Å²) < 4.78 is 0. The molecule has 0 atom stereocenters. The summed E-state index contributed by atoms with van der Waals surface area (Å²) in [6.45, 7) is 5.22. The quantitative estimate of drug-likeness (QED) is 0.440. The first-order valence-corrected chi connectivity index (χ1v) is 2.90. The van der Waals surface area contributed by atoms with E-state index in [4.69, 9.17) is 5.41 Å². The third-order valence-corrected chi connectivity index (χ3v) is 1.08. The summed E-state index contributed by atoms with van der Waals surface area (Å²) in [6.07, 6.45) is 0. The molecular weight excluding hydrogens is 114 g/mol. The molecule has 0 fully saturated rings. The minimum Gasteiger partial charge on any atom is -0.294 e. The number of ketones is 1. The maximum absolute atomic E-state index is 10.9. The van der Waals surface area contributed by atoms with Crippen LogP contribution in [0, 0.1) is 11.3 Å². The monoisotopic (exact) mass is 125 g/mol. The molecule has 0 bridgehead atoms. The Labute approximate surface area is 55.1 Å². The van der Waals surface area contributed by atoms with Gasteiger partial charge in [0.15, 0.2) is 5.78 Å². The van der Waals surface area contributed by atoms with Crippen LogP contribution in [0.4, 0.5) is 0 Å². The molecule has 0 aliphatic carbocycles. The molecule has 0 heterocycles. The summed E-state index contributed by atoms with van der Waals surface area (Å²) in [5.74, 6) is 2.06. The normalized spacial score (nSPS) is 8.89. The fourth-order valence-electron chi connectivity index (χ4n) is 0.495. The Hall–Kier alpha value is -0.880. The summed E-state index contributed by atoms with van der Waals surface area (Å²) in [5.41, 5.74) is 0.407. The van der Waals surface area contributed by atoms with E-state index < -0.39 is 0 Å². The first-order chi connectivity index (χ1) is 4.09. The van der Waals surface area contributed by atoms with E-state index in [1.807, 2.05) is 13.8 Å². The van der Waals surface area contributed by atoms with E-state index in [1.165, 1.54) is 0 Å². The second-order valence-corrected chi connectivity index (χ2v) is 2.27. The fraction of sp³-hybridized carbons (Fsp3) is 0.571.